The van der Waals surface area contributed by atoms with Crippen LogP contribution in [-0.4, -0.2) is 17.6 Å². The normalized spacial score (nSPS) is 15.1. The number of carbonyl (C=O) groups excluding carboxylic acids is 2. The molecule has 0 aliphatic carbocycles. The van der Waals surface area contributed by atoms with Crippen LogP contribution in [0.3, 0.4) is 0 Å². The second-order valence-electron chi connectivity index (χ2n) is 9.97. The molecule has 1 aliphatic rings. The van der Waals surface area contributed by atoms with Gasteiger partial charge in [0.1, 0.15) is 11.5 Å². The molecule has 0 spiro atoms. The van der Waals surface area contributed by atoms with Crippen LogP contribution in [0, 0.1) is 5.92 Å². The molecular formula is C29H36Cl4N4O2. The molecule has 6 nitrogen and oxygen atoms in total. The van der Waals surface area contributed by atoms with E-state index in [1.54, 1.807) is 18.2 Å². The quantitative estimate of drug-likeness (QED) is 0.208. The van der Waals surface area contributed by atoms with E-state index in [1.807, 2.05) is 6.92 Å². The zero-order chi connectivity index (χ0) is 28.4. The molecule has 0 bridgehead atoms. The molecule has 1 aliphatic heterocycles. The van der Waals surface area contributed by atoms with Crippen LogP contribution in [0.5, 0.6) is 0 Å². The van der Waals surface area contributed by atoms with Gasteiger partial charge in [0.2, 0.25) is 5.91 Å². The third-order valence-corrected chi connectivity index (χ3v) is 7.79. The van der Waals surface area contributed by atoms with Crippen molar-refractivity contribution in [2.24, 2.45) is 10.9 Å². The third-order valence-electron chi connectivity index (χ3n) is 6.67. The number of anilines is 2. The molecule has 0 radical (unpaired) electrons. The van der Waals surface area contributed by atoms with E-state index in [-0.39, 0.29) is 34.2 Å². The van der Waals surface area contributed by atoms with Gasteiger partial charge in [0, 0.05) is 16.6 Å². The van der Waals surface area contributed by atoms with E-state index in [4.69, 9.17) is 46.4 Å². The van der Waals surface area contributed by atoms with Crippen LogP contribution in [0.2, 0.25) is 20.1 Å². The fourth-order valence-corrected chi connectivity index (χ4v) is 5.57. The zero-order valence-corrected chi connectivity index (χ0v) is 25.5. The van der Waals surface area contributed by atoms with E-state index >= 15 is 0 Å². The highest BCUT2D eigenvalue weighted by molar-refractivity contribution is 6.42. The fraction of sp³-hybridized carbons (Fsp3) is 0.483. The largest absolute Gasteiger partial charge is 0.326 e. The maximum atomic E-state index is 12.8. The molecule has 1 saturated heterocycles. The third kappa shape index (κ3) is 9.56. The SMILES string of the molecule is CCCCCCCCCCCC(C)C(=O)Nc1ccc(Cl)c(N=C2CC(=O)N(c3c(Cl)cc(Cl)cc3Cl)N2)c1. The van der Waals surface area contributed by atoms with E-state index in [0.717, 1.165) is 19.3 Å². The van der Waals surface area contributed by atoms with Crippen LogP contribution in [0.4, 0.5) is 17.1 Å². The number of hydrazine groups is 1. The number of benzene rings is 2. The van der Waals surface area contributed by atoms with Crippen LogP contribution in [0.15, 0.2) is 35.3 Å². The highest BCUT2D eigenvalue weighted by atomic mass is 35.5. The Labute approximate surface area is 251 Å². The predicted octanol–water partition coefficient (Wildman–Crippen LogP) is 9.77. The van der Waals surface area contributed by atoms with Gasteiger partial charge in [-0.25, -0.2) is 10.0 Å². The Morgan fingerprint density at radius 2 is 1.56 bits per heavy atom. The van der Waals surface area contributed by atoms with E-state index in [2.05, 4.69) is 22.7 Å². The number of halogens is 4. The van der Waals surface area contributed by atoms with Gasteiger partial charge in [0.15, 0.2) is 0 Å². The molecule has 0 aromatic heterocycles. The van der Waals surface area contributed by atoms with Crippen molar-refractivity contribution >= 4 is 81.1 Å². The molecule has 39 heavy (non-hydrogen) atoms. The van der Waals surface area contributed by atoms with Crippen LogP contribution in [0.1, 0.15) is 84.5 Å². The second-order valence-corrected chi connectivity index (χ2v) is 11.6. The number of hydrogen-bond acceptors (Lipinski definition) is 3. The number of carbonyl (C=O) groups is 2. The van der Waals surface area contributed by atoms with E-state index in [9.17, 15) is 9.59 Å². The Morgan fingerprint density at radius 3 is 2.21 bits per heavy atom. The van der Waals surface area contributed by atoms with Crippen LogP contribution >= 0.6 is 46.4 Å². The molecule has 3 rings (SSSR count). The van der Waals surface area contributed by atoms with E-state index < -0.39 is 0 Å². The summed E-state index contributed by atoms with van der Waals surface area (Å²) in [4.78, 5) is 30.0. The maximum Gasteiger partial charge on any atom is 0.253 e. The molecule has 1 fully saturated rings. The Bertz CT molecular complexity index is 1160. The Morgan fingerprint density at radius 1 is 0.949 bits per heavy atom. The van der Waals surface area contributed by atoms with E-state index in [0.29, 0.717) is 32.9 Å². The number of rotatable bonds is 14. The maximum absolute atomic E-state index is 12.8. The van der Waals surface area contributed by atoms with E-state index in [1.165, 1.54) is 62.1 Å². The van der Waals surface area contributed by atoms with Crippen molar-refractivity contribution in [1.29, 1.82) is 0 Å². The topological polar surface area (TPSA) is 73.8 Å². The standard InChI is InChI=1S/C29H36Cl4N4O2/c1-3-4-5-6-7-8-9-10-11-12-19(2)29(39)34-21-13-14-22(31)25(17-21)35-26-18-27(38)37(36-26)28-23(32)15-20(30)16-24(28)33/h13-17,19H,3-12,18H2,1-2H3,(H,34,39)(H,35,36). The van der Waals surface area contributed by atoms with Gasteiger partial charge in [0.05, 0.1) is 27.2 Å². The summed E-state index contributed by atoms with van der Waals surface area (Å²) in [5, 5.41) is 5.42. The first-order valence-electron chi connectivity index (χ1n) is 13.6. The average molecular weight is 614 g/mol. The highest BCUT2D eigenvalue weighted by Crippen LogP contribution is 2.37. The number of amidine groups is 1. The lowest BCUT2D eigenvalue weighted by Crippen LogP contribution is -2.36. The lowest BCUT2D eigenvalue weighted by Gasteiger charge is -2.19. The molecule has 2 aromatic carbocycles. The monoisotopic (exact) mass is 612 g/mol. The number of unbranched alkanes of at least 4 members (excludes halogenated alkanes) is 8. The van der Waals surface area contributed by atoms with Gasteiger partial charge in [-0.05, 0) is 36.8 Å². The minimum Gasteiger partial charge on any atom is -0.326 e. The van der Waals surface area contributed by atoms with Crippen molar-refractivity contribution in [3.8, 4) is 0 Å². The summed E-state index contributed by atoms with van der Waals surface area (Å²) in [5.74, 6) is -0.0589. The molecule has 2 amide bonds. The van der Waals surface area contributed by atoms with Crippen molar-refractivity contribution in [2.75, 3.05) is 10.3 Å². The summed E-state index contributed by atoms with van der Waals surface area (Å²) < 4.78 is 0. The van der Waals surface area contributed by atoms with Crippen molar-refractivity contribution in [3.05, 3.63) is 50.4 Å². The molecule has 1 unspecified atom stereocenters. The van der Waals surface area contributed by atoms with Gasteiger partial charge < -0.3 is 5.32 Å². The van der Waals surface area contributed by atoms with Crippen molar-refractivity contribution in [1.82, 2.24) is 5.43 Å². The molecular weight excluding hydrogens is 578 g/mol. The van der Waals surface area contributed by atoms with Crippen molar-refractivity contribution in [2.45, 2.75) is 84.5 Å². The van der Waals surface area contributed by atoms with Gasteiger partial charge in [-0.2, -0.15) is 0 Å². The van der Waals surface area contributed by atoms with Crippen LogP contribution < -0.4 is 15.8 Å². The highest BCUT2D eigenvalue weighted by Gasteiger charge is 2.30. The summed E-state index contributed by atoms with van der Waals surface area (Å²) in [6.07, 6.45) is 12.1. The first-order chi connectivity index (χ1) is 18.7. The zero-order valence-electron chi connectivity index (χ0n) is 22.5. The number of nitrogens with zero attached hydrogens (tertiary/aromatic N) is 2. The van der Waals surface area contributed by atoms with Gasteiger partial charge in [0.25, 0.3) is 5.91 Å². The van der Waals surface area contributed by atoms with Crippen LogP contribution in [-0.2, 0) is 9.59 Å². The summed E-state index contributed by atoms with van der Waals surface area (Å²) in [7, 11) is 0. The number of aliphatic imine (C=N–C) groups is 1. The molecule has 2 aromatic rings. The summed E-state index contributed by atoms with van der Waals surface area (Å²) in [6.45, 7) is 4.19. The predicted molar refractivity (Wildman–Crippen MR) is 165 cm³/mol. The lowest BCUT2D eigenvalue weighted by atomic mass is 10.0. The molecule has 1 atom stereocenters. The molecule has 0 saturated carbocycles. The Hall–Kier alpha value is -1.99. The molecule has 10 heteroatoms. The number of nitrogens with one attached hydrogen (secondary N) is 2. The minimum absolute atomic E-state index is 0.00201. The van der Waals surface area contributed by atoms with Crippen LogP contribution in [0.25, 0.3) is 0 Å². The molecule has 1 heterocycles. The summed E-state index contributed by atoms with van der Waals surface area (Å²) >= 11 is 24.9. The number of amides is 2. The molecule has 212 valence electrons. The smallest absolute Gasteiger partial charge is 0.253 e. The Balaban J connectivity index is 1.54. The lowest BCUT2D eigenvalue weighted by molar-refractivity contribution is -0.119. The second kappa shape index (κ2) is 15.7. The van der Waals surface area contributed by atoms with Gasteiger partial charge in [-0.1, -0.05) is 118 Å². The number of hydrogen-bond donors (Lipinski definition) is 2. The molecule has 2 N–H and O–H groups in total. The fourth-order valence-electron chi connectivity index (χ4n) is 4.43. The Kier molecular flexibility index (Phi) is 12.7. The van der Waals surface area contributed by atoms with Gasteiger partial charge >= 0.3 is 0 Å². The average Bonchev–Trinajstić information content (AvgIpc) is 3.23. The first-order valence-corrected chi connectivity index (χ1v) is 15.1. The first kappa shape index (κ1) is 31.5. The summed E-state index contributed by atoms with van der Waals surface area (Å²) in [6, 6.07) is 8.11. The van der Waals surface area contributed by atoms with Gasteiger partial charge in [-0.3, -0.25) is 15.0 Å². The van der Waals surface area contributed by atoms with Gasteiger partial charge in [-0.15, -0.1) is 0 Å². The minimum atomic E-state index is -0.286. The summed E-state index contributed by atoms with van der Waals surface area (Å²) in [5.41, 5.74) is 4.25. The van der Waals surface area contributed by atoms with Crippen molar-refractivity contribution in [3.63, 3.8) is 0 Å². The van der Waals surface area contributed by atoms with Crippen molar-refractivity contribution < 1.29 is 9.59 Å².